The zero-order valence-corrected chi connectivity index (χ0v) is 19.1. The second-order valence-corrected chi connectivity index (χ2v) is 8.66. The molecule has 1 aromatic heterocycles. The van der Waals surface area contributed by atoms with Gasteiger partial charge in [-0.2, -0.15) is 0 Å². The van der Waals surface area contributed by atoms with Gasteiger partial charge in [0.1, 0.15) is 19.0 Å². The van der Waals surface area contributed by atoms with Crippen LogP contribution in [-0.2, 0) is 0 Å². The number of hydrogen-bond acceptors (Lipinski definition) is 5. The Kier molecular flexibility index (Phi) is 5.45. The highest BCUT2D eigenvalue weighted by Gasteiger charge is 2.25. The van der Waals surface area contributed by atoms with Crippen molar-refractivity contribution in [3.8, 4) is 22.8 Å². The maximum absolute atomic E-state index is 14.2. The van der Waals surface area contributed by atoms with Crippen LogP contribution < -0.4 is 14.4 Å². The van der Waals surface area contributed by atoms with Crippen LogP contribution in [0.15, 0.2) is 72.8 Å². The minimum atomic E-state index is -0.239. The molecule has 0 radical (unpaired) electrons. The number of rotatable bonds is 3. The van der Waals surface area contributed by atoms with E-state index in [1.54, 1.807) is 12.1 Å². The predicted octanol–water partition coefficient (Wildman–Crippen LogP) is 4.77. The number of benzene rings is 3. The molecule has 0 saturated carbocycles. The summed E-state index contributed by atoms with van der Waals surface area (Å²) in [5.41, 5.74) is 3.51. The van der Waals surface area contributed by atoms with Crippen molar-refractivity contribution in [3.63, 3.8) is 0 Å². The summed E-state index contributed by atoms with van der Waals surface area (Å²) in [6, 6.07) is 22.0. The van der Waals surface area contributed by atoms with Crippen molar-refractivity contribution >= 4 is 22.5 Å². The van der Waals surface area contributed by atoms with Crippen molar-refractivity contribution in [2.75, 3.05) is 44.3 Å². The van der Waals surface area contributed by atoms with Crippen molar-refractivity contribution in [1.82, 2.24) is 9.88 Å². The van der Waals surface area contributed by atoms with Gasteiger partial charge in [0, 0.05) is 37.1 Å². The van der Waals surface area contributed by atoms with Crippen molar-refractivity contribution in [2.45, 2.75) is 0 Å². The Bertz CT molecular complexity index is 1420. The van der Waals surface area contributed by atoms with Crippen LogP contribution in [0.25, 0.3) is 22.2 Å². The van der Waals surface area contributed by atoms with E-state index >= 15 is 0 Å². The van der Waals surface area contributed by atoms with Crippen molar-refractivity contribution in [2.24, 2.45) is 0 Å². The van der Waals surface area contributed by atoms with E-state index in [1.807, 2.05) is 64.4 Å². The summed E-state index contributed by atoms with van der Waals surface area (Å²) in [6.45, 7) is 3.22. The van der Waals surface area contributed by atoms with Crippen LogP contribution in [0.3, 0.4) is 0 Å². The van der Waals surface area contributed by atoms with Crippen molar-refractivity contribution < 1.29 is 18.7 Å². The van der Waals surface area contributed by atoms with E-state index < -0.39 is 0 Å². The Hall–Kier alpha value is -4.13. The minimum Gasteiger partial charge on any atom is -0.486 e. The van der Waals surface area contributed by atoms with Gasteiger partial charge in [-0.1, -0.05) is 30.3 Å². The van der Waals surface area contributed by atoms with Crippen LogP contribution in [0.2, 0.25) is 0 Å². The number of aromatic nitrogens is 1. The fourth-order valence-corrected chi connectivity index (χ4v) is 4.73. The summed E-state index contributed by atoms with van der Waals surface area (Å²) in [5.74, 6) is 1.11. The first-order valence-electron chi connectivity index (χ1n) is 11.8. The highest BCUT2D eigenvalue weighted by molar-refractivity contribution is 6.07. The lowest BCUT2D eigenvalue weighted by Crippen LogP contribution is -2.49. The number of piperazine rings is 1. The van der Waals surface area contributed by atoms with Crippen molar-refractivity contribution in [3.05, 3.63) is 84.2 Å². The number of nitrogens with zero attached hydrogens (tertiary/aromatic N) is 3. The lowest BCUT2D eigenvalue weighted by Gasteiger charge is -2.36. The summed E-state index contributed by atoms with van der Waals surface area (Å²) in [7, 11) is 0. The number of anilines is 1. The molecule has 0 atom stereocenters. The van der Waals surface area contributed by atoms with Gasteiger partial charge in [0.05, 0.1) is 22.5 Å². The third kappa shape index (κ3) is 4.03. The van der Waals surface area contributed by atoms with Crippen LogP contribution >= 0.6 is 0 Å². The molecule has 3 heterocycles. The highest BCUT2D eigenvalue weighted by atomic mass is 19.1. The molecule has 2 aliphatic rings. The lowest BCUT2D eigenvalue weighted by molar-refractivity contribution is 0.0748. The molecule has 0 aliphatic carbocycles. The Morgan fingerprint density at radius 1 is 0.829 bits per heavy atom. The summed E-state index contributed by atoms with van der Waals surface area (Å²) in [6.07, 6.45) is 0. The van der Waals surface area contributed by atoms with E-state index in [0.717, 1.165) is 16.5 Å². The zero-order valence-electron chi connectivity index (χ0n) is 19.1. The quantitative estimate of drug-likeness (QED) is 0.433. The van der Waals surface area contributed by atoms with Crippen LogP contribution in [0.4, 0.5) is 10.1 Å². The molecule has 35 heavy (non-hydrogen) atoms. The molecular formula is C28H24FN3O3. The molecule has 1 fully saturated rings. The third-order valence-electron chi connectivity index (χ3n) is 6.54. The maximum Gasteiger partial charge on any atom is 0.254 e. The molecule has 0 bridgehead atoms. The Morgan fingerprint density at radius 3 is 2.40 bits per heavy atom. The van der Waals surface area contributed by atoms with E-state index in [0.29, 0.717) is 67.8 Å². The molecule has 0 spiro atoms. The van der Waals surface area contributed by atoms with E-state index in [-0.39, 0.29) is 11.7 Å². The fourth-order valence-electron chi connectivity index (χ4n) is 4.73. The van der Waals surface area contributed by atoms with Crippen LogP contribution in [0.5, 0.6) is 11.5 Å². The molecule has 176 valence electrons. The molecule has 0 N–H and O–H groups in total. The van der Waals surface area contributed by atoms with Gasteiger partial charge in [0.25, 0.3) is 5.91 Å². The third-order valence-corrected chi connectivity index (χ3v) is 6.54. The molecule has 6 nitrogen and oxygen atoms in total. The first-order chi connectivity index (χ1) is 17.2. The van der Waals surface area contributed by atoms with Gasteiger partial charge in [-0.25, -0.2) is 9.37 Å². The monoisotopic (exact) mass is 469 g/mol. The Labute approximate surface area is 202 Å². The minimum absolute atomic E-state index is 0.0458. The first-order valence-corrected chi connectivity index (χ1v) is 11.8. The van der Waals surface area contributed by atoms with Crippen LogP contribution in [-0.4, -0.2) is 55.2 Å². The fraction of sp³-hybridized carbons (Fsp3) is 0.214. The number of ether oxygens (including phenoxy) is 2. The number of fused-ring (bicyclic) bond motifs is 2. The standard InChI is InChI=1S/C28H24FN3O3/c29-22-6-2-4-8-25(22)31-11-13-32(14-12-31)28(33)21-18-24(30-23-7-3-1-5-20(21)23)19-9-10-26-27(17-19)35-16-15-34-26/h1-10,17-18H,11-16H2. The molecule has 6 rings (SSSR count). The number of para-hydroxylation sites is 2. The lowest BCUT2D eigenvalue weighted by atomic mass is 10.0. The number of amides is 1. The number of pyridine rings is 1. The molecule has 1 saturated heterocycles. The maximum atomic E-state index is 14.2. The number of halogens is 1. The molecule has 0 unspecified atom stereocenters. The largest absolute Gasteiger partial charge is 0.486 e. The summed E-state index contributed by atoms with van der Waals surface area (Å²) >= 11 is 0. The summed E-state index contributed by atoms with van der Waals surface area (Å²) in [4.78, 5) is 22.4. The normalized spacial score (nSPS) is 15.3. The molecule has 3 aromatic carbocycles. The number of carbonyl (C=O) groups excluding carboxylic acids is 1. The molecule has 4 aromatic rings. The topological polar surface area (TPSA) is 54.9 Å². The van der Waals surface area contributed by atoms with Gasteiger partial charge in [0.2, 0.25) is 0 Å². The van der Waals surface area contributed by atoms with Crippen LogP contribution in [0, 0.1) is 5.82 Å². The predicted molar refractivity (Wildman–Crippen MR) is 133 cm³/mol. The molecule has 2 aliphatic heterocycles. The van der Waals surface area contributed by atoms with Crippen molar-refractivity contribution in [1.29, 1.82) is 0 Å². The molecule has 1 amide bonds. The highest BCUT2D eigenvalue weighted by Crippen LogP contribution is 2.35. The molecular weight excluding hydrogens is 445 g/mol. The number of hydrogen-bond donors (Lipinski definition) is 0. The average molecular weight is 470 g/mol. The van der Waals surface area contributed by atoms with Gasteiger partial charge in [-0.3, -0.25) is 4.79 Å². The zero-order chi connectivity index (χ0) is 23.8. The van der Waals surface area contributed by atoms with Crippen LogP contribution in [0.1, 0.15) is 10.4 Å². The van der Waals surface area contributed by atoms with Gasteiger partial charge in [0.15, 0.2) is 11.5 Å². The van der Waals surface area contributed by atoms with Gasteiger partial charge >= 0.3 is 0 Å². The SMILES string of the molecule is O=C(c1cc(-c2ccc3c(c2)OCCO3)nc2ccccc12)N1CCN(c2ccccc2F)CC1. The second-order valence-electron chi connectivity index (χ2n) is 8.66. The summed E-state index contributed by atoms with van der Waals surface area (Å²) < 4.78 is 25.6. The van der Waals surface area contributed by atoms with Gasteiger partial charge in [-0.05, 0) is 42.5 Å². The molecule has 7 heteroatoms. The van der Waals surface area contributed by atoms with E-state index in [1.165, 1.54) is 6.07 Å². The Morgan fingerprint density at radius 2 is 1.57 bits per heavy atom. The second kappa shape index (κ2) is 8.91. The smallest absolute Gasteiger partial charge is 0.254 e. The Balaban J connectivity index is 1.31. The van der Waals surface area contributed by atoms with Gasteiger partial charge < -0.3 is 19.3 Å². The summed E-state index contributed by atoms with van der Waals surface area (Å²) in [5, 5.41) is 0.815. The van der Waals surface area contributed by atoms with E-state index in [9.17, 15) is 9.18 Å². The van der Waals surface area contributed by atoms with Gasteiger partial charge in [-0.15, -0.1) is 0 Å². The average Bonchev–Trinajstić information content (AvgIpc) is 2.92. The number of carbonyl (C=O) groups is 1. The van der Waals surface area contributed by atoms with E-state index in [2.05, 4.69) is 0 Å². The first kappa shape index (κ1) is 21.4. The van der Waals surface area contributed by atoms with E-state index in [4.69, 9.17) is 14.5 Å².